The highest BCUT2D eigenvalue weighted by atomic mass is 35.5. The van der Waals surface area contributed by atoms with Crippen molar-refractivity contribution in [1.82, 2.24) is 19.5 Å². The third-order valence-corrected chi connectivity index (χ3v) is 6.78. The average Bonchev–Trinajstić information content (AvgIpc) is 3.10. The number of nitrogens with zero attached hydrogens (tertiary/aromatic N) is 4. The Morgan fingerprint density at radius 2 is 1.82 bits per heavy atom. The van der Waals surface area contributed by atoms with Crippen LogP contribution in [-0.2, 0) is 16.8 Å². The van der Waals surface area contributed by atoms with Crippen LogP contribution in [0.3, 0.4) is 0 Å². The Labute approximate surface area is 221 Å². The minimum atomic E-state index is -0.866. The highest BCUT2D eigenvalue weighted by Gasteiger charge is 2.40. The fraction of sp³-hybridized carbons (Fsp3) is 0.222. The molecule has 0 aromatic carbocycles. The molecule has 4 aromatic heterocycles. The minimum Gasteiger partial charge on any atom is -0.485 e. The summed E-state index contributed by atoms with van der Waals surface area (Å²) in [6.07, 6.45) is 2.50. The Morgan fingerprint density at radius 1 is 1.05 bits per heavy atom. The summed E-state index contributed by atoms with van der Waals surface area (Å²) in [4.78, 5) is 38.5. The van der Waals surface area contributed by atoms with Crippen molar-refractivity contribution in [2.24, 2.45) is 0 Å². The molecule has 0 radical (unpaired) electrons. The van der Waals surface area contributed by atoms with E-state index in [0.717, 1.165) is 6.20 Å². The van der Waals surface area contributed by atoms with Crippen LogP contribution in [0.15, 0.2) is 47.5 Å². The molecule has 5 rings (SSSR count). The van der Waals surface area contributed by atoms with Crippen molar-refractivity contribution in [2.45, 2.75) is 39.7 Å². The average molecular weight is 538 g/mol. The molecule has 0 atom stereocenters. The Kier molecular flexibility index (Phi) is 6.22. The number of halogens is 3. The molecule has 1 aliphatic rings. The molecule has 1 N–H and O–H groups in total. The molecule has 5 heterocycles. The van der Waals surface area contributed by atoms with Gasteiger partial charge in [0, 0.05) is 24.0 Å². The number of aryl methyl sites for hydroxylation is 2. The highest BCUT2D eigenvalue weighted by molar-refractivity contribution is 6.31. The molecule has 1 aliphatic heterocycles. The van der Waals surface area contributed by atoms with Crippen molar-refractivity contribution in [3.05, 3.63) is 92.4 Å². The van der Waals surface area contributed by atoms with Crippen molar-refractivity contribution in [2.75, 3.05) is 5.32 Å². The fourth-order valence-electron chi connectivity index (χ4n) is 4.24. The van der Waals surface area contributed by atoms with E-state index in [2.05, 4.69) is 15.3 Å². The van der Waals surface area contributed by atoms with Crippen LogP contribution < -0.4 is 15.6 Å². The van der Waals surface area contributed by atoms with Gasteiger partial charge in [0.1, 0.15) is 28.9 Å². The van der Waals surface area contributed by atoms with Gasteiger partial charge < -0.3 is 10.1 Å². The van der Waals surface area contributed by atoms with E-state index in [1.165, 1.54) is 4.57 Å². The van der Waals surface area contributed by atoms with E-state index in [1.807, 2.05) is 0 Å². The SMILES string of the molecule is Cc1cnc(-c2ccc3c(n2)C(C)(C)C(=O)N3)cc1-n1c(C)cc(OCc2ncc(F)cc2F)c(Cl)c1=O. The number of rotatable bonds is 5. The predicted octanol–water partition coefficient (Wildman–Crippen LogP) is 5.05. The maximum absolute atomic E-state index is 13.9. The van der Waals surface area contributed by atoms with Gasteiger partial charge in [-0.05, 0) is 51.5 Å². The largest absolute Gasteiger partial charge is 0.485 e. The molecule has 38 heavy (non-hydrogen) atoms. The van der Waals surface area contributed by atoms with Crippen LogP contribution in [0.1, 0.15) is 36.5 Å². The Bertz CT molecular complexity index is 1690. The van der Waals surface area contributed by atoms with Crippen molar-refractivity contribution < 1.29 is 18.3 Å². The van der Waals surface area contributed by atoms with E-state index in [-0.39, 0.29) is 29.0 Å². The van der Waals surface area contributed by atoms with Crippen molar-refractivity contribution in [3.8, 4) is 22.8 Å². The van der Waals surface area contributed by atoms with E-state index < -0.39 is 22.6 Å². The summed E-state index contributed by atoms with van der Waals surface area (Å²) in [5.41, 5.74) is 2.60. The molecule has 0 aliphatic carbocycles. The first kappa shape index (κ1) is 25.5. The highest BCUT2D eigenvalue weighted by Crippen LogP contribution is 2.37. The van der Waals surface area contributed by atoms with Gasteiger partial charge >= 0.3 is 0 Å². The van der Waals surface area contributed by atoms with Gasteiger partial charge in [-0.25, -0.2) is 13.8 Å². The molecule has 0 bridgehead atoms. The van der Waals surface area contributed by atoms with Gasteiger partial charge in [-0.3, -0.25) is 24.1 Å². The second kappa shape index (κ2) is 9.29. The summed E-state index contributed by atoms with van der Waals surface area (Å²) < 4.78 is 34.1. The van der Waals surface area contributed by atoms with Gasteiger partial charge in [-0.15, -0.1) is 0 Å². The second-order valence-electron chi connectivity index (χ2n) is 9.50. The lowest BCUT2D eigenvalue weighted by Crippen LogP contribution is -2.27. The molecule has 8 nitrogen and oxygen atoms in total. The summed E-state index contributed by atoms with van der Waals surface area (Å²) in [6.45, 7) is 6.77. The zero-order chi connectivity index (χ0) is 27.4. The number of anilines is 1. The monoisotopic (exact) mass is 537 g/mol. The zero-order valence-electron chi connectivity index (χ0n) is 20.9. The van der Waals surface area contributed by atoms with Gasteiger partial charge in [0.2, 0.25) is 5.91 Å². The van der Waals surface area contributed by atoms with Crippen LogP contribution in [-0.4, -0.2) is 25.4 Å². The smallest absolute Gasteiger partial charge is 0.277 e. The van der Waals surface area contributed by atoms with E-state index in [4.69, 9.17) is 21.3 Å². The summed E-state index contributed by atoms with van der Waals surface area (Å²) in [5, 5.41) is 2.62. The van der Waals surface area contributed by atoms with Crippen LogP contribution in [0.5, 0.6) is 5.75 Å². The van der Waals surface area contributed by atoms with E-state index in [0.29, 0.717) is 45.8 Å². The number of ether oxygens (including phenoxy) is 1. The molecule has 0 saturated heterocycles. The number of amides is 1. The third kappa shape index (κ3) is 4.30. The normalized spacial score (nSPS) is 13.8. The second-order valence-corrected chi connectivity index (χ2v) is 9.88. The molecular weight excluding hydrogens is 516 g/mol. The Hall–Kier alpha value is -4.18. The number of aromatic nitrogens is 4. The summed E-state index contributed by atoms with van der Waals surface area (Å²) in [6, 6.07) is 7.52. The van der Waals surface area contributed by atoms with Crippen LogP contribution in [0.2, 0.25) is 5.02 Å². The van der Waals surface area contributed by atoms with E-state index in [9.17, 15) is 18.4 Å². The van der Waals surface area contributed by atoms with Gasteiger partial charge in [0.15, 0.2) is 5.82 Å². The van der Waals surface area contributed by atoms with Crippen LogP contribution in [0, 0.1) is 25.5 Å². The first-order valence-electron chi connectivity index (χ1n) is 11.6. The van der Waals surface area contributed by atoms with Crippen molar-refractivity contribution >= 4 is 23.2 Å². The number of hydrogen-bond acceptors (Lipinski definition) is 6. The summed E-state index contributed by atoms with van der Waals surface area (Å²) in [7, 11) is 0. The maximum atomic E-state index is 13.9. The molecule has 0 saturated carbocycles. The van der Waals surface area contributed by atoms with Crippen LogP contribution in [0.4, 0.5) is 14.5 Å². The van der Waals surface area contributed by atoms with Crippen LogP contribution in [0.25, 0.3) is 17.1 Å². The number of carbonyl (C=O) groups is 1. The number of fused-ring (bicyclic) bond motifs is 1. The van der Waals surface area contributed by atoms with E-state index >= 15 is 0 Å². The molecule has 0 fully saturated rings. The quantitative estimate of drug-likeness (QED) is 0.383. The lowest BCUT2D eigenvalue weighted by Gasteiger charge is -2.17. The molecule has 4 aromatic rings. The topological polar surface area (TPSA) is 99.0 Å². The molecule has 194 valence electrons. The predicted molar refractivity (Wildman–Crippen MR) is 138 cm³/mol. The fourth-order valence-corrected chi connectivity index (χ4v) is 4.43. The standard InChI is InChI=1S/C27H22ClF2N5O3/c1-13-10-31-19(17-5-6-18-24(33-17)27(3,4)26(37)34-18)9-21(13)35-14(2)7-22(23(28)25(35)36)38-12-20-16(30)8-15(29)11-32-20/h5-11H,12H2,1-4H3,(H,34,37). The first-order chi connectivity index (χ1) is 18.0. The number of hydrogen-bond donors (Lipinski definition) is 1. The van der Waals surface area contributed by atoms with Gasteiger partial charge in [-0.2, -0.15) is 0 Å². The number of pyridine rings is 4. The summed E-state index contributed by atoms with van der Waals surface area (Å²) in [5.74, 6) is -1.76. The van der Waals surface area contributed by atoms with Crippen LogP contribution >= 0.6 is 11.6 Å². The van der Waals surface area contributed by atoms with E-state index in [1.54, 1.807) is 58.2 Å². The zero-order valence-corrected chi connectivity index (χ0v) is 21.7. The third-order valence-electron chi connectivity index (χ3n) is 6.43. The minimum absolute atomic E-state index is 0.0440. The number of nitrogens with one attached hydrogen (secondary N) is 1. The maximum Gasteiger partial charge on any atom is 0.277 e. The first-order valence-corrected chi connectivity index (χ1v) is 12.0. The number of carbonyl (C=O) groups excluding carboxylic acids is 1. The van der Waals surface area contributed by atoms with Crippen molar-refractivity contribution in [1.29, 1.82) is 0 Å². The molecule has 11 heteroatoms. The molecule has 0 spiro atoms. The molecule has 0 unspecified atom stereocenters. The molecule has 1 amide bonds. The van der Waals surface area contributed by atoms with Gasteiger partial charge in [0.05, 0.1) is 40.1 Å². The van der Waals surface area contributed by atoms with Gasteiger partial charge in [-0.1, -0.05) is 11.6 Å². The Morgan fingerprint density at radius 3 is 2.55 bits per heavy atom. The Balaban J connectivity index is 1.51. The lowest BCUT2D eigenvalue weighted by atomic mass is 9.90. The summed E-state index contributed by atoms with van der Waals surface area (Å²) >= 11 is 6.37. The molecular formula is C27H22ClF2N5O3. The lowest BCUT2D eigenvalue weighted by molar-refractivity contribution is -0.119. The van der Waals surface area contributed by atoms with Gasteiger partial charge in [0.25, 0.3) is 5.56 Å². The van der Waals surface area contributed by atoms with Crippen molar-refractivity contribution in [3.63, 3.8) is 0 Å².